The van der Waals surface area contributed by atoms with Crippen LogP contribution in [0.4, 0.5) is 4.39 Å². The van der Waals surface area contributed by atoms with Gasteiger partial charge in [0.25, 0.3) is 0 Å². The second-order valence-corrected chi connectivity index (χ2v) is 5.08. The normalized spacial score (nSPS) is 12.1. The molecule has 21 heavy (non-hydrogen) atoms. The standard InChI is InChI=1S/C18H22FNO/c1-3-20-13-16(14-7-5-4-6-8-14)11-15-9-10-17(21-2)12-18(15)19/h4-10,12,16,20H,3,11,13H2,1-2H3. The number of hydrogen-bond acceptors (Lipinski definition) is 2. The number of methoxy groups -OCH3 is 1. The fourth-order valence-corrected chi connectivity index (χ4v) is 2.44. The molecule has 0 saturated carbocycles. The first-order valence-corrected chi connectivity index (χ1v) is 7.32. The maximum atomic E-state index is 14.1. The molecule has 1 N–H and O–H groups in total. The smallest absolute Gasteiger partial charge is 0.130 e. The molecule has 0 bridgehead atoms. The van der Waals surface area contributed by atoms with Gasteiger partial charge in [-0.2, -0.15) is 0 Å². The third-order valence-corrected chi connectivity index (χ3v) is 3.64. The Morgan fingerprint density at radius 3 is 2.52 bits per heavy atom. The molecule has 0 radical (unpaired) electrons. The molecular weight excluding hydrogens is 265 g/mol. The summed E-state index contributed by atoms with van der Waals surface area (Å²) in [5.41, 5.74) is 1.95. The van der Waals surface area contributed by atoms with Crippen molar-refractivity contribution in [2.45, 2.75) is 19.3 Å². The second-order valence-electron chi connectivity index (χ2n) is 5.08. The SMILES string of the molecule is CCNCC(Cc1ccc(OC)cc1F)c1ccccc1. The molecule has 1 atom stereocenters. The summed E-state index contributed by atoms with van der Waals surface area (Å²) in [5.74, 6) is 0.611. The zero-order valence-corrected chi connectivity index (χ0v) is 12.6. The number of likely N-dealkylation sites (N-methyl/N-ethyl adjacent to an activating group) is 1. The summed E-state index contributed by atoms with van der Waals surface area (Å²) in [6.07, 6.45) is 0.673. The fourth-order valence-electron chi connectivity index (χ4n) is 2.44. The Balaban J connectivity index is 2.18. The van der Waals surface area contributed by atoms with Gasteiger partial charge in [-0.15, -0.1) is 0 Å². The highest BCUT2D eigenvalue weighted by Gasteiger charge is 2.14. The first kappa shape index (κ1) is 15.5. The predicted octanol–water partition coefficient (Wildman–Crippen LogP) is 3.77. The van der Waals surface area contributed by atoms with Crippen molar-refractivity contribution in [3.63, 3.8) is 0 Å². The lowest BCUT2D eigenvalue weighted by molar-refractivity contribution is 0.410. The largest absolute Gasteiger partial charge is 0.497 e. The number of halogens is 1. The number of ether oxygens (including phenoxy) is 1. The molecule has 112 valence electrons. The summed E-state index contributed by atoms with van der Waals surface area (Å²) in [5, 5.41) is 3.36. The molecule has 0 aliphatic heterocycles. The Bertz CT molecular complexity index is 556. The average Bonchev–Trinajstić information content (AvgIpc) is 2.53. The van der Waals surface area contributed by atoms with E-state index < -0.39 is 0 Å². The van der Waals surface area contributed by atoms with E-state index in [2.05, 4.69) is 24.4 Å². The van der Waals surface area contributed by atoms with Gasteiger partial charge >= 0.3 is 0 Å². The Morgan fingerprint density at radius 2 is 1.90 bits per heavy atom. The van der Waals surface area contributed by atoms with Crippen molar-refractivity contribution < 1.29 is 9.13 Å². The Morgan fingerprint density at radius 1 is 1.14 bits per heavy atom. The highest BCUT2D eigenvalue weighted by molar-refractivity contribution is 5.31. The quantitative estimate of drug-likeness (QED) is 0.837. The molecule has 0 spiro atoms. The maximum Gasteiger partial charge on any atom is 0.130 e. The first-order valence-electron chi connectivity index (χ1n) is 7.32. The third kappa shape index (κ3) is 4.30. The van der Waals surface area contributed by atoms with Crippen molar-refractivity contribution in [1.82, 2.24) is 5.32 Å². The van der Waals surface area contributed by atoms with Crippen LogP contribution in [0.3, 0.4) is 0 Å². The number of rotatable bonds is 7. The molecule has 0 fully saturated rings. The van der Waals surface area contributed by atoms with Crippen LogP contribution < -0.4 is 10.1 Å². The predicted molar refractivity (Wildman–Crippen MR) is 84.4 cm³/mol. The van der Waals surface area contributed by atoms with Gasteiger partial charge in [0, 0.05) is 18.5 Å². The Hall–Kier alpha value is -1.87. The summed E-state index contributed by atoms with van der Waals surface area (Å²) in [4.78, 5) is 0. The van der Waals surface area contributed by atoms with Gasteiger partial charge in [0.15, 0.2) is 0 Å². The van der Waals surface area contributed by atoms with Gasteiger partial charge in [-0.05, 0) is 30.2 Å². The Kier molecular flexibility index (Phi) is 5.76. The molecule has 0 aliphatic rings. The van der Waals surface area contributed by atoms with Crippen LogP contribution in [0, 0.1) is 5.82 Å². The molecule has 0 heterocycles. The van der Waals surface area contributed by atoms with Crippen LogP contribution in [0.25, 0.3) is 0 Å². The first-order chi connectivity index (χ1) is 10.2. The minimum Gasteiger partial charge on any atom is -0.497 e. The maximum absolute atomic E-state index is 14.1. The van der Waals surface area contributed by atoms with Crippen molar-refractivity contribution in [3.05, 3.63) is 65.5 Å². The van der Waals surface area contributed by atoms with Crippen molar-refractivity contribution >= 4 is 0 Å². The zero-order chi connectivity index (χ0) is 15.1. The topological polar surface area (TPSA) is 21.3 Å². The molecule has 2 aromatic carbocycles. The minimum absolute atomic E-state index is 0.202. The van der Waals surface area contributed by atoms with E-state index in [4.69, 9.17) is 4.74 Å². The lowest BCUT2D eigenvalue weighted by atomic mass is 9.91. The van der Waals surface area contributed by atoms with E-state index >= 15 is 0 Å². The van der Waals surface area contributed by atoms with Gasteiger partial charge in [-0.25, -0.2) is 4.39 Å². The van der Waals surface area contributed by atoms with E-state index in [1.807, 2.05) is 30.3 Å². The van der Waals surface area contributed by atoms with Gasteiger partial charge in [0.1, 0.15) is 11.6 Å². The molecular formula is C18H22FNO. The molecule has 2 rings (SSSR count). The van der Waals surface area contributed by atoms with Crippen LogP contribution in [0.5, 0.6) is 5.75 Å². The van der Waals surface area contributed by atoms with Crippen LogP contribution in [-0.4, -0.2) is 20.2 Å². The van der Waals surface area contributed by atoms with Crippen LogP contribution in [0.2, 0.25) is 0 Å². The summed E-state index contributed by atoms with van der Waals surface area (Å²) >= 11 is 0. The highest BCUT2D eigenvalue weighted by atomic mass is 19.1. The van der Waals surface area contributed by atoms with Crippen molar-refractivity contribution in [2.75, 3.05) is 20.2 Å². The second kappa shape index (κ2) is 7.79. The van der Waals surface area contributed by atoms with Gasteiger partial charge in [-0.3, -0.25) is 0 Å². The van der Waals surface area contributed by atoms with Crippen LogP contribution in [-0.2, 0) is 6.42 Å². The molecule has 0 aliphatic carbocycles. The van der Waals surface area contributed by atoms with Gasteiger partial charge < -0.3 is 10.1 Å². The summed E-state index contributed by atoms with van der Waals surface area (Å²) in [6.45, 7) is 3.83. The van der Waals surface area contributed by atoms with E-state index in [1.54, 1.807) is 7.11 Å². The lowest BCUT2D eigenvalue weighted by Gasteiger charge is -2.18. The zero-order valence-electron chi connectivity index (χ0n) is 12.6. The average molecular weight is 287 g/mol. The fraction of sp³-hybridized carbons (Fsp3) is 0.333. The third-order valence-electron chi connectivity index (χ3n) is 3.64. The molecule has 2 aromatic rings. The summed E-state index contributed by atoms with van der Waals surface area (Å²) < 4.78 is 19.2. The molecule has 2 nitrogen and oxygen atoms in total. The molecule has 0 aromatic heterocycles. The van der Waals surface area contributed by atoms with E-state index in [9.17, 15) is 4.39 Å². The lowest BCUT2D eigenvalue weighted by Crippen LogP contribution is -2.23. The van der Waals surface area contributed by atoms with Crippen molar-refractivity contribution in [3.8, 4) is 5.75 Å². The Labute approximate surface area is 126 Å². The molecule has 0 saturated heterocycles. The van der Waals surface area contributed by atoms with Crippen LogP contribution in [0.15, 0.2) is 48.5 Å². The molecule has 3 heteroatoms. The van der Waals surface area contributed by atoms with Crippen LogP contribution >= 0.6 is 0 Å². The van der Waals surface area contributed by atoms with E-state index in [-0.39, 0.29) is 11.7 Å². The van der Waals surface area contributed by atoms with E-state index in [0.29, 0.717) is 12.2 Å². The summed E-state index contributed by atoms with van der Waals surface area (Å²) in [7, 11) is 1.55. The molecule has 1 unspecified atom stereocenters. The van der Waals surface area contributed by atoms with Gasteiger partial charge in [0.05, 0.1) is 7.11 Å². The van der Waals surface area contributed by atoms with Crippen molar-refractivity contribution in [1.29, 1.82) is 0 Å². The van der Waals surface area contributed by atoms with Crippen LogP contribution in [0.1, 0.15) is 24.0 Å². The number of benzene rings is 2. The van der Waals surface area contributed by atoms with Crippen molar-refractivity contribution in [2.24, 2.45) is 0 Å². The van der Waals surface area contributed by atoms with Gasteiger partial charge in [-0.1, -0.05) is 43.3 Å². The number of nitrogens with one attached hydrogen (secondary N) is 1. The number of hydrogen-bond donors (Lipinski definition) is 1. The highest BCUT2D eigenvalue weighted by Crippen LogP contribution is 2.24. The summed E-state index contributed by atoms with van der Waals surface area (Å²) in [6, 6.07) is 15.3. The van der Waals surface area contributed by atoms with Gasteiger partial charge in [0.2, 0.25) is 0 Å². The van der Waals surface area contributed by atoms with E-state index in [0.717, 1.165) is 18.7 Å². The molecule has 0 amide bonds. The minimum atomic E-state index is -0.202. The van der Waals surface area contributed by atoms with E-state index in [1.165, 1.54) is 11.6 Å². The monoisotopic (exact) mass is 287 g/mol.